The molecule has 4 nitrogen and oxygen atoms in total. The lowest BCUT2D eigenvalue weighted by atomic mass is 10.3. The molecule has 0 radical (unpaired) electrons. The monoisotopic (exact) mass is 169 g/mol. The van der Waals surface area contributed by atoms with Crippen LogP contribution in [0, 0.1) is 5.92 Å². The van der Waals surface area contributed by atoms with Crippen LogP contribution in [0.3, 0.4) is 0 Å². The third kappa shape index (κ3) is 2.11. The van der Waals surface area contributed by atoms with E-state index in [1.165, 1.54) is 12.8 Å². The summed E-state index contributed by atoms with van der Waals surface area (Å²) in [5.74, 6) is 1.72. The van der Waals surface area contributed by atoms with Gasteiger partial charge in [0.2, 0.25) is 0 Å². The Morgan fingerprint density at radius 3 is 3.00 bits per heavy atom. The number of rotatable bonds is 2. The van der Waals surface area contributed by atoms with E-state index in [9.17, 15) is 0 Å². The Bertz CT molecular complexity index is 189. The van der Waals surface area contributed by atoms with Gasteiger partial charge >= 0.3 is 0 Å². The van der Waals surface area contributed by atoms with Gasteiger partial charge in [0.15, 0.2) is 5.96 Å². The number of nitrogens with one attached hydrogen (secondary N) is 2. The number of aliphatic hydroxyl groups is 1. The number of hydrogen-bond donors (Lipinski definition) is 3. The molecule has 0 aromatic carbocycles. The minimum absolute atomic E-state index is 0.309. The first kappa shape index (κ1) is 7.86. The Balaban J connectivity index is 1.72. The number of aliphatic imine (C=N–C) groups is 1. The van der Waals surface area contributed by atoms with Crippen LogP contribution in [0.4, 0.5) is 0 Å². The molecule has 0 saturated heterocycles. The quantitative estimate of drug-likeness (QED) is 0.512. The second kappa shape index (κ2) is 3.31. The van der Waals surface area contributed by atoms with Crippen molar-refractivity contribution < 1.29 is 5.11 Å². The largest absolute Gasteiger partial charge is 0.389 e. The fourth-order valence-corrected chi connectivity index (χ4v) is 1.21. The highest BCUT2D eigenvalue weighted by Crippen LogP contribution is 2.27. The van der Waals surface area contributed by atoms with Gasteiger partial charge in [0.1, 0.15) is 0 Å². The molecule has 1 atom stereocenters. The van der Waals surface area contributed by atoms with Gasteiger partial charge in [-0.25, -0.2) is 0 Å². The van der Waals surface area contributed by atoms with E-state index < -0.39 is 0 Å². The van der Waals surface area contributed by atoms with E-state index in [1.54, 1.807) is 0 Å². The molecule has 3 N–H and O–H groups in total. The Kier molecular flexibility index (Phi) is 2.17. The third-order valence-electron chi connectivity index (χ3n) is 2.22. The smallest absolute Gasteiger partial charge is 0.191 e. The normalized spacial score (nSPS) is 29.1. The van der Waals surface area contributed by atoms with Gasteiger partial charge in [-0.15, -0.1) is 0 Å². The maximum atomic E-state index is 9.12. The first-order valence-electron chi connectivity index (χ1n) is 4.55. The van der Waals surface area contributed by atoms with E-state index in [0.29, 0.717) is 13.1 Å². The lowest BCUT2D eigenvalue weighted by molar-refractivity contribution is 0.180. The summed E-state index contributed by atoms with van der Waals surface area (Å²) in [5, 5.41) is 15.4. The number of hydrogen-bond acceptors (Lipinski definition) is 4. The second-order valence-electron chi connectivity index (χ2n) is 3.55. The van der Waals surface area contributed by atoms with E-state index in [2.05, 4.69) is 15.6 Å². The van der Waals surface area contributed by atoms with Crippen molar-refractivity contribution in [3.63, 3.8) is 0 Å². The van der Waals surface area contributed by atoms with Gasteiger partial charge in [-0.05, 0) is 18.8 Å². The molecule has 0 spiro atoms. The summed E-state index contributed by atoms with van der Waals surface area (Å²) >= 11 is 0. The standard InChI is InChI=1S/C8H15N3O/c12-7-4-10-8(11-5-7)9-3-6-1-2-6/h6-7,12H,1-5H2,(H2,9,10,11). The zero-order valence-electron chi connectivity index (χ0n) is 7.08. The molecule has 0 aromatic heterocycles. The molecule has 0 bridgehead atoms. The van der Waals surface area contributed by atoms with Crippen LogP contribution in [-0.2, 0) is 0 Å². The fourth-order valence-electron chi connectivity index (χ4n) is 1.21. The van der Waals surface area contributed by atoms with Crippen LogP contribution >= 0.6 is 0 Å². The van der Waals surface area contributed by atoms with E-state index in [4.69, 9.17) is 5.11 Å². The van der Waals surface area contributed by atoms with E-state index >= 15 is 0 Å². The predicted octanol–water partition coefficient (Wildman–Crippen LogP) is -0.694. The number of β-amino-alcohol motifs (C(OH)–C–C–N with tert-alkyl or cyclic N) is 1. The predicted molar refractivity (Wildman–Crippen MR) is 47.0 cm³/mol. The molecule has 1 unspecified atom stereocenters. The van der Waals surface area contributed by atoms with Gasteiger partial charge in [-0.3, -0.25) is 4.99 Å². The molecule has 0 aromatic rings. The van der Waals surface area contributed by atoms with Crippen molar-refractivity contribution >= 4 is 5.96 Å². The molecule has 0 amide bonds. The molecule has 1 heterocycles. The summed E-state index contributed by atoms with van der Waals surface area (Å²) in [5.41, 5.74) is 0. The second-order valence-corrected chi connectivity index (χ2v) is 3.55. The van der Waals surface area contributed by atoms with E-state index in [-0.39, 0.29) is 6.10 Å². The van der Waals surface area contributed by atoms with Crippen molar-refractivity contribution in [2.24, 2.45) is 10.9 Å². The summed E-state index contributed by atoms with van der Waals surface area (Å²) in [6.07, 6.45) is 2.39. The molecule has 2 aliphatic rings. The van der Waals surface area contributed by atoms with E-state index in [1.807, 2.05) is 0 Å². The van der Waals surface area contributed by atoms with Crippen molar-refractivity contribution in [1.29, 1.82) is 0 Å². The Morgan fingerprint density at radius 2 is 2.42 bits per heavy atom. The van der Waals surface area contributed by atoms with Crippen LogP contribution in [0.5, 0.6) is 0 Å². The molecular formula is C8H15N3O. The van der Waals surface area contributed by atoms with Gasteiger partial charge in [0, 0.05) is 13.1 Å². The Hall–Kier alpha value is -0.770. The van der Waals surface area contributed by atoms with Crippen molar-refractivity contribution in [3.05, 3.63) is 0 Å². The first-order valence-corrected chi connectivity index (χ1v) is 4.55. The zero-order chi connectivity index (χ0) is 8.39. The highest BCUT2D eigenvalue weighted by Gasteiger charge is 2.21. The third-order valence-corrected chi connectivity index (χ3v) is 2.22. The van der Waals surface area contributed by atoms with Crippen LogP contribution in [0.2, 0.25) is 0 Å². The number of aliphatic hydroxyl groups excluding tert-OH is 1. The molecule has 1 saturated carbocycles. The molecule has 1 fully saturated rings. The Labute approximate surface area is 72.1 Å². The van der Waals surface area contributed by atoms with Crippen molar-refractivity contribution in [1.82, 2.24) is 10.6 Å². The van der Waals surface area contributed by atoms with Gasteiger partial charge in [0.25, 0.3) is 0 Å². The molecule has 68 valence electrons. The number of guanidine groups is 1. The maximum Gasteiger partial charge on any atom is 0.191 e. The maximum absolute atomic E-state index is 9.12. The average Bonchev–Trinajstić information content (AvgIpc) is 2.87. The minimum Gasteiger partial charge on any atom is -0.389 e. The summed E-state index contributed by atoms with van der Waals surface area (Å²) in [4.78, 5) is 4.15. The topological polar surface area (TPSA) is 56.7 Å². The summed E-state index contributed by atoms with van der Waals surface area (Å²) in [7, 11) is 0. The SMILES string of the molecule is OC1CN=C(NCC2CC2)NC1. The van der Waals surface area contributed by atoms with Gasteiger partial charge < -0.3 is 15.7 Å². The Morgan fingerprint density at radius 1 is 1.58 bits per heavy atom. The molecular weight excluding hydrogens is 154 g/mol. The minimum atomic E-state index is -0.309. The van der Waals surface area contributed by atoms with Crippen LogP contribution in [0.15, 0.2) is 4.99 Å². The zero-order valence-corrected chi connectivity index (χ0v) is 7.08. The summed E-state index contributed by atoms with van der Waals surface area (Å²) in [6.45, 7) is 2.18. The highest BCUT2D eigenvalue weighted by molar-refractivity contribution is 5.80. The first-order chi connectivity index (χ1) is 5.84. The molecule has 2 rings (SSSR count). The van der Waals surface area contributed by atoms with Gasteiger partial charge in [0.05, 0.1) is 12.6 Å². The lowest BCUT2D eigenvalue weighted by Gasteiger charge is -2.19. The molecule has 1 aliphatic heterocycles. The fraction of sp³-hybridized carbons (Fsp3) is 0.875. The van der Waals surface area contributed by atoms with Gasteiger partial charge in [-0.1, -0.05) is 0 Å². The summed E-state index contributed by atoms with van der Waals surface area (Å²) in [6, 6.07) is 0. The molecule has 4 heteroatoms. The van der Waals surface area contributed by atoms with Gasteiger partial charge in [-0.2, -0.15) is 0 Å². The summed E-state index contributed by atoms with van der Waals surface area (Å²) < 4.78 is 0. The van der Waals surface area contributed by atoms with Crippen LogP contribution in [0.25, 0.3) is 0 Å². The molecule has 1 aliphatic carbocycles. The molecule has 12 heavy (non-hydrogen) atoms. The lowest BCUT2D eigenvalue weighted by Crippen LogP contribution is -2.46. The highest BCUT2D eigenvalue weighted by atomic mass is 16.3. The van der Waals surface area contributed by atoms with E-state index in [0.717, 1.165) is 18.4 Å². The van der Waals surface area contributed by atoms with Crippen LogP contribution in [0.1, 0.15) is 12.8 Å². The van der Waals surface area contributed by atoms with Crippen molar-refractivity contribution in [2.45, 2.75) is 18.9 Å². The average molecular weight is 169 g/mol. The van der Waals surface area contributed by atoms with Crippen LogP contribution in [-0.4, -0.2) is 36.8 Å². The van der Waals surface area contributed by atoms with Crippen molar-refractivity contribution in [3.8, 4) is 0 Å². The van der Waals surface area contributed by atoms with Crippen LogP contribution < -0.4 is 10.6 Å². The number of nitrogens with zero attached hydrogens (tertiary/aromatic N) is 1. The van der Waals surface area contributed by atoms with Crippen molar-refractivity contribution in [2.75, 3.05) is 19.6 Å².